The van der Waals surface area contributed by atoms with E-state index < -0.39 is 63.1 Å². The van der Waals surface area contributed by atoms with Crippen LogP contribution in [0, 0.1) is 17.2 Å². The van der Waals surface area contributed by atoms with E-state index in [2.05, 4.69) is 45.9 Å². The molecule has 4 aromatic heterocycles. The standard InChI is InChI=1S/C34H38FN12O9P/c1-4-21-25(22(35)33(55-21)47-27-23(44-45-47)26(37-15-38-27)40-30(50)18-9-6-5-7-10-18)56-57(52-12-8-11-36)53-14-19-13-20(48)32(54-19)46-16-39-24-28(46)41-34(43-31(24)51)42-29(49)17(2)3/h5-7,9-10,15-17,19-22,25,32-33,48H,4,8,12-14H2,1-3H3,(H,37,38,40,50)(H2,41,42,43,49,51)/t19-,20-,21+,22-,25+,32+,33+,57?/m0/s1. The maximum Gasteiger partial charge on any atom is 0.333 e. The molecule has 21 nitrogen and oxygen atoms in total. The number of carbonyl (C=O) groups excluding carboxylic acids is 2. The molecule has 8 atom stereocenters. The third kappa shape index (κ3) is 8.50. The Balaban J connectivity index is 1.03. The molecule has 0 aliphatic carbocycles. The topological polar surface area (TPSA) is 268 Å². The Kier molecular flexibility index (Phi) is 12.2. The molecule has 2 fully saturated rings. The van der Waals surface area contributed by atoms with E-state index in [0.29, 0.717) is 12.0 Å². The number of ether oxygens (including phenoxy) is 2. The third-order valence-corrected chi connectivity index (χ3v) is 10.2. The van der Waals surface area contributed by atoms with Crippen molar-refractivity contribution in [3.8, 4) is 6.07 Å². The summed E-state index contributed by atoms with van der Waals surface area (Å²) >= 11 is 0. The SMILES string of the molecule is CC[C@H]1O[C@@H](n2nnc3c(NC(=O)c4ccccc4)ncnc32)[C@@H](F)[C@@H]1OP(OCCC#N)OC[C@@H]1C[C@H](O)[C@H](n2cnc3c(=O)[nH]c(NC(=O)C(C)C)nc32)O1. The van der Waals surface area contributed by atoms with Crippen LogP contribution < -0.4 is 16.2 Å². The molecule has 0 radical (unpaired) electrons. The molecule has 0 saturated carbocycles. The number of nitrogens with one attached hydrogen (secondary N) is 3. The van der Waals surface area contributed by atoms with Crippen LogP contribution in [0.25, 0.3) is 22.3 Å². The molecular weight excluding hydrogens is 770 g/mol. The van der Waals surface area contributed by atoms with Crippen molar-refractivity contribution in [2.75, 3.05) is 23.8 Å². The van der Waals surface area contributed by atoms with Gasteiger partial charge >= 0.3 is 8.60 Å². The fraction of sp³-hybridized carbons (Fsp3) is 0.471. The van der Waals surface area contributed by atoms with E-state index in [1.807, 2.05) is 6.07 Å². The van der Waals surface area contributed by atoms with Crippen molar-refractivity contribution < 1.29 is 42.1 Å². The summed E-state index contributed by atoms with van der Waals surface area (Å²) < 4.78 is 49.0. The Labute approximate surface area is 323 Å². The largest absolute Gasteiger partial charge is 0.388 e. The van der Waals surface area contributed by atoms with Gasteiger partial charge in [0.15, 0.2) is 46.8 Å². The molecule has 5 aromatic rings. The first-order chi connectivity index (χ1) is 27.6. The van der Waals surface area contributed by atoms with Gasteiger partial charge in [0, 0.05) is 17.9 Å². The Morgan fingerprint density at radius 2 is 1.93 bits per heavy atom. The number of anilines is 2. The fourth-order valence-corrected chi connectivity index (χ4v) is 7.35. The van der Waals surface area contributed by atoms with Crippen molar-refractivity contribution in [1.29, 1.82) is 5.26 Å². The number of carbonyl (C=O) groups is 2. The Morgan fingerprint density at radius 3 is 2.68 bits per heavy atom. The number of aliphatic hydroxyl groups excluding tert-OH is 1. The minimum absolute atomic E-state index is 0.000434. The van der Waals surface area contributed by atoms with Crippen LogP contribution in [-0.4, -0.2) is 105 Å². The van der Waals surface area contributed by atoms with Crippen molar-refractivity contribution in [1.82, 2.24) is 44.5 Å². The maximum atomic E-state index is 16.4. The lowest BCUT2D eigenvalue weighted by molar-refractivity contribution is -0.118. The number of nitrogens with zero attached hydrogens (tertiary/aromatic N) is 9. The zero-order chi connectivity index (χ0) is 40.2. The van der Waals surface area contributed by atoms with Crippen molar-refractivity contribution >= 4 is 54.5 Å². The number of aromatic nitrogens is 9. The van der Waals surface area contributed by atoms with Crippen LogP contribution in [0.5, 0.6) is 0 Å². The quantitative estimate of drug-likeness (QED) is 0.0874. The summed E-state index contributed by atoms with van der Waals surface area (Å²) in [5.74, 6) is -1.19. The van der Waals surface area contributed by atoms with Gasteiger partial charge in [-0.2, -0.15) is 14.9 Å². The first-order valence-electron chi connectivity index (χ1n) is 18.0. The zero-order valence-electron chi connectivity index (χ0n) is 30.8. The fourth-order valence-electron chi connectivity index (χ4n) is 6.17. The van der Waals surface area contributed by atoms with Crippen LogP contribution in [0.3, 0.4) is 0 Å². The Morgan fingerprint density at radius 1 is 1.12 bits per heavy atom. The summed E-state index contributed by atoms with van der Waals surface area (Å²) in [4.78, 5) is 57.1. The number of rotatable bonds is 15. The molecule has 300 valence electrons. The van der Waals surface area contributed by atoms with E-state index >= 15 is 4.39 Å². The first kappa shape index (κ1) is 39.8. The lowest BCUT2D eigenvalue weighted by Crippen LogP contribution is -2.31. The number of alkyl halides is 1. The number of imidazole rings is 1. The number of benzene rings is 1. The van der Waals surface area contributed by atoms with Crippen molar-refractivity contribution in [3.63, 3.8) is 0 Å². The first-order valence-corrected chi connectivity index (χ1v) is 19.1. The van der Waals surface area contributed by atoms with Gasteiger partial charge in [-0.3, -0.25) is 29.3 Å². The molecule has 23 heteroatoms. The number of H-pyrrole nitrogens is 1. The highest BCUT2D eigenvalue weighted by atomic mass is 31.2. The van der Waals surface area contributed by atoms with Crippen molar-refractivity contribution in [2.24, 2.45) is 5.92 Å². The molecule has 7 rings (SSSR count). The minimum Gasteiger partial charge on any atom is -0.388 e. The normalized spacial score (nSPS) is 23.9. The summed E-state index contributed by atoms with van der Waals surface area (Å²) in [7, 11) is -2.30. The van der Waals surface area contributed by atoms with Gasteiger partial charge in [0.1, 0.15) is 18.5 Å². The average molecular weight is 809 g/mol. The van der Waals surface area contributed by atoms with Crippen LogP contribution in [0.2, 0.25) is 0 Å². The highest BCUT2D eigenvalue weighted by Gasteiger charge is 2.49. The van der Waals surface area contributed by atoms with Gasteiger partial charge in [0.05, 0.1) is 44.2 Å². The third-order valence-electron chi connectivity index (χ3n) is 9.06. The van der Waals surface area contributed by atoms with Gasteiger partial charge < -0.3 is 33.5 Å². The molecule has 2 aliphatic rings. The zero-order valence-corrected chi connectivity index (χ0v) is 31.7. The molecular formula is C34H38FN12O9P. The molecule has 4 N–H and O–H groups in total. The second kappa shape index (κ2) is 17.4. The summed E-state index contributed by atoms with van der Waals surface area (Å²) in [5.41, 5.74) is 0.0576. The molecule has 2 aliphatic heterocycles. The molecule has 1 unspecified atom stereocenters. The molecule has 6 heterocycles. The van der Waals surface area contributed by atoms with Crippen LogP contribution in [-0.2, 0) is 27.8 Å². The smallest absolute Gasteiger partial charge is 0.333 e. The van der Waals surface area contributed by atoms with E-state index in [0.717, 1.165) is 4.68 Å². The van der Waals surface area contributed by atoms with E-state index in [1.54, 1.807) is 51.1 Å². The summed E-state index contributed by atoms with van der Waals surface area (Å²) in [5, 5.41) is 33.6. The maximum absolute atomic E-state index is 16.4. The summed E-state index contributed by atoms with van der Waals surface area (Å²) in [6.07, 6.45) is -5.15. The number of aromatic amines is 1. The highest BCUT2D eigenvalue weighted by molar-refractivity contribution is 7.41. The van der Waals surface area contributed by atoms with Gasteiger partial charge in [-0.15, -0.1) is 5.10 Å². The predicted octanol–water partition coefficient (Wildman–Crippen LogP) is 3.05. The Hall–Kier alpha value is -5.40. The monoisotopic (exact) mass is 808 g/mol. The number of halogens is 1. The van der Waals surface area contributed by atoms with Crippen LogP contribution in [0.15, 0.2) is 47.8 Å². The predicted molar refractivity (Wildman–Crippen MR) is 197 cm³/mol. The second-order valence-corrected chi connectivity index (χ2v) is 14.5. The van der Waals surface area contributed by atoms with Gasteiger partial charge in [0.2, 0.25) is 11.9 Å². The number of fused-ring (bicyclic) bond motifs is 2. The molecule has 0 bridgehead atoms. The van der Waals surface area contributed by atoms with Gasteiger partial charge in [-0.25, -0.2) is 19.3 Å². The van der Waals surface area contributed by atoms with Crippen molar-refractivity contribution in [3.05, 3.63) is 58.9 Å². The molecule has 1 aromatic carbocycles. The molecule has 0 spiro atoms. The second-order valence-electron chi connectivity index (χ2n) is 13.3. The lowest BCUT2D eigenvalue weighted by atomic mass is 10.1. The van der Waals surface area contributed by atoms with E-state index in [9.17, 15) is 19.5 Å². The molecule has 57 heavy (non-hydrogen) atoms. The molecule has 2 amide bonds. The number of hydrogen-bond donors (Lipinski definition) is 4. The number of hydrogen-bond acceptors (Lipinski definition) is 16. The Bertz CT molecular complexity index is 2320. The van der Waals surface area contributed by atoms with Crippen LogP contribution >= 0.6 is 8.60 Å². The van der Waals surface area contributed by atoms with Gasteiger partial charge in [-0.05, 0) is 18.6 Å². The highest BCUT2D eigenvalue weighted by Crippen LogP contribution is 2.48. The van der Waals surface area contributed by atoms with Gasteiger partial charge in [0.25, 0.3) is 11.5 Å². The van der Waals surface area contributed by atoms with E-state index in [1.165, 1.54) is 17.2 Å². The van der Waals surface area contributed by atoms with Gasteiger partial charge in [-0.1, -0.05) is 44.2 Å². The summed E-state index contributed by atoms with van der Waals surface area (Å²) in [6.45, 7) is 4.91. The van der Waals surface area contributed by atoms with Crippen LogP contribution in [0.1, 0.15) is 62.8 Å². The lowest BCUT2D eigenvalue weighted by Gasteiger charge is -2.24. The molecule has 2 saturated heterocycles. The van der Waals surface area contributed by atoms with E-state index in [4.69, 9.17) is 28.3 Å². The number of amides is 2. The van der Waals surface area contributed by atoms with Crippen LogP contribution in [0.4, 0.5) is 16.2 Å². The average Bonchev–Trinajstić information content (AvgIpc) is 3.99. The summed E-state index contributed by atoms with van der Waals surface area (Å²) in [6, 6.07) is 10.5. The van der Waals surface area contributed by atoms with Crippen molar-refractivity contribution in [2.45, 2.75) is 83.1 Å². The number of nitriles is 1. The minimum atomic E-state index is -2.30. The number of aliphatic hydroxyl groups is 1. The van der Waals surface area contributed by atoms with E-state index in [-0.39, 0.29) is 72.0 Å².